The number of carbonyl (C=O) groups excluding carboxylic acids is 1. The molecule has 25 heavy (non-hydrogen) atoms. The van der Waals surface area contributed by atoms with E-state index >= 15 is 0 Å². The highest BCUT2D eigenvalue weighted by Gasteiger charge is 2.23. The number of piperazine rings is 1. The number of ether oxygens (including phenoxy) is 2. The summed E-state index contributed by atoms with van der Waals surface area (Å²) in [6.45, 7) is 3.55. The first kappa shape index (κ1) is 17.3. The van der Waals surface area contributed by atoms with Crippen LogP contribution in [0.2, 0.25) is 0 Å². The lowest BCUT2D eigenvalue weighted by Gasteiger charge is -2.36. The normalized spacial score (nSPS) is 14.5. The summed E-state index contributed by atoms with van der Waals surface area (Å²) in [5, 5.41) is 0. The monoisotopic (exact) mass is 340 g/mol. The van der Waals surface area contributed by atoms with E-state index in [0.29, 0.717) is 12.2 Å². The van der Waals surface area contributed by atoms with Gasteiger partial charge in [0, 0.05) is 50.1 Å². The van der Waals surface area contributed by atoms with Crippen molar-refractivity contribution in [3.63, 3.8) is 0 Å². The van der Waals surface area contributed by atoms with Crippen molar-refractivity contribution in [2.24, 2.45) is 0 Å². The van der Waals surface area contributed by atoms with E-state index in [1.54, 1.807) is 14.2 Å². The molecule has 3 rings (SSSR count). The van der Waals surface area contributed by atoms with E-state index < -0.39 is 0 Å². The second kappa shape index (κ2) is 8.03. The van der Waals surface area contributed by atoms with Gasteiger partial charge in [0.25, 0.3) is 5.91 Å². The maximum atomic E-state index is 12.8. The van der Waals surface area contributed by atoms with Crippen molar-refractivity contribution >= 4 is 11.6 Å². The van der Waals surface area contributed by atoms with Crippen LogP contribution < -0.4 is 9.64 Å². The van der Waals surface area contributed by atoms with Crippen LogP contribution in [0, 0.1) is 0 Å². The molecular weight excluding hydrogens is 316 g/mol. The molecule has 132 valence electrons. The summed E-state index contributed by atoms with van der Waals surface area (Å²) in [6, 6.07) is 15.9. The first-order valence-corrected chi connectivity index (χ1v) is 8.48. The topological polar surface area (TPSA) is 42.0 Å². The molecule has 0 bridgehead atoms. The molecule has 0 aliphatic carbocycles. The Bertz CT molecular complexity index is 710. The molecular formula is C20H24N2O3. The number of benzene rings is 2. The molecule has 0 spiro atoms. The minimum atomic E-state index is 0.0627. The summed E-state index contributed by atoms with van der Waals surface area (Å²) in [5.41, 5.74) is 2.78. The highest BCUT2D eigenvalue weighted by molar-refractivity contribution is 5.94. The van der Waals surface area contributed by atoms with Gasteiger partial charge in [-0.1, -0.05) is 18.2 Å². The third-order valence-electron chi connectivity index (χ3n) is 4.52. The van der Waals surface area contributed by atoms with Gasteiger partial charge in [-0.3, -0.25) is 4.79 Å². The van der Waals surface area contributed by atoms with E-state index in [2.05, 4.69) is 17.0 Å². The zero-order valence-electron chi connectivity index (χ0n) is 14.8. The summed E-state index contributed by atoms with van der Waals surface area (Å²) < 4.78 is 10.5. The van der Waals surface area contributed by atoms with Crippen molar-refractivity contribution in [3.8, 4) is 5.75 Å². The van der Waals surface area contributed by atoms with Crippen LogP contribution in [0.15, 0.2) is 48.5 Å². The van der Waals surface area contributed by atoms with Crippen molar-refractivity contribution in [2.45, 2.75) is 6.61 Å². The standard InChI is InChI=1S/C20H24N2O3/c1-24-15-17-14-16(8-9-19(17)25-2)20(23)22-12-10-21(11-13-22)18-6-4-3-5-7-18/h3-9,14H,10-13,15H2,1-2H3. The zero-order chi connectivity index (χ0) is 17.6. The Hall–Kier alpha value is -2.53. The maximum Gasteiger partial charge on any atom is 0.253 e. The van der Waals surface area contributed by atoms with Crippen LogP contribution in [-0.2, 0) is 11.3 Å². The number of rotatable bonds is 5. The van der Waals surface area contributed by atoms with E-state index in [4.69, 9.17) is 9.47 Å². The van der Waals surface area contributed by atoms with E-state index in [0.717, 1.165) is 37.5 Å². The highest BCUT2D eigenvalue weighted by atomic mass is 16.5. The van der Waals surface area contributed by atoms with E-state index in [-0.39, 0.29) is 5.91 Å². The molecule has 5 heteroatoms. The Morgan fingerprint density at radius 3 is 2.36 bits per heavy atom. The van der Waals surface area contributed by atoms with Gasteiger partial charge in [0.05, 0.1) is 13.7 Å². The quantitative estimate of drug-likeness (QED) is 0.839. The third kappa shape index (κ3) is 3.94. The Balaban J connectivity index is 1.67. The molecule has 0 radical (unpaired) electrons. The largest absolute Gasteiger partial charge is 0.496 e. The SMILES string of the molecule is COCc1cc(C(=O)N2CCN(c3ccccc3)CC2)ccc1OC. The van der Waals surface area contributed by atoms with E-state index in [9.17, 15) is 4.79 Å². The fourth-order valence-corrected chi connectivity index (χ4v) is 3.17. The van der Waals surface area contributed by atoms with Gasteiger partial charge in [-0.05, 0) is 30.3 Å². The number of hydrogen-bond acceptors (Lipinski definition) is 4. The van der Waals surface area contributed by atoms with E-state index in [1.807, 2.05) is 41.3 Å². The molecule has 1 aliphatic rings. The van der Waals surface area contributed by atoms with Gasteiger partial charge >= 0.3 is 0 Å². The van der Waals surface area contributed by atoms with Gasteiger partial charge < -0.3 is 19.3 Å². The molecule has 1 fully saturated rings. The molecule has 0 saturated carbocycles. The Morgan fingerprint density at radius 2 is 1.72 bits per heavy atom. The minimum absolute atomic E-state index is 0.0627. The smallest absolute Gasteiger partial charge is 0.253 e. The second-order valence-electron chi connectivity index (χ2n) is 6.07. The van der Waals surface area contributed by atoms with E-state index in [1.165, 1.54) is 5.69 Å². The Kier molecular flexibility index (Phi) is 5.56. The second-order valence-corrected chi connectivity index (χ2v) is 6.07. The number of methoxy groups -OCH3 is 2. The van der Waals surface area contributed by atoms with Gasteiger partial charge in [0.1, 0.15) is 5.75 Å². The molecule has 1 aliphatic heterocycles. The fraction of sp³-hybridized carbons (Fsp3) is 0.350. The molecule has 0 atom stereocenters. The maximum absolute atomic E-state index is 12.8. The predicted molar refractivity (Wildman–Crippen MR) is 98.3 cm³/mol. The number of nitrogens with zero attached hydrogens (tertiary/aromatic N) is 2. The first-order chi connectivity index (χ1) is 12.2. The number of para-hydroxylation sites is 1. The zero-order valence-corrected chi connectivity index (χ0v) is 14.8. The van der Waals surface area contributed by atoms with Crippen LogP contribution in [0.1, 0.15) is 15.9 Å². The molecule has 0 aromatic heterocycles. The number of carbonyl (C=O) groups is 1. The molecule has 2 aromatic carbocycles. The van der Waals surface area contributed by atoms with Crippen LogP contribution in [0.4, 0.5) is 5.69 Å². The van der Waals surface area contributed by atoms with Crippen LogP contribution in [0.5, 0.6) is 5.75 Å². The number of amides is 1. The molecule has 5 nitrogen and oxygen atoms in total. The lowest BCUT2D eigenvalue weighted by Crippen LogP contribution is -2.48. The van der Waals surface area contributed by atoms with Gasteiger partial charge in [-0.25, -0.2) is 0 Å². The molecule has 2 aromatic rings. The van der Waals surface area contributed by atoms with Crippen molar-refractivity contribution in [1.29, 1.82) is 0 Å². The molecule has 1 amide bonds. The van der Waals surface area contributed by atoms with Crippen molar-refractivity contribution in [2.75, 3.05) is 45.3 Å². The van der Waals surface area contributed by atoms with Crippen LogP contribution in [0.25, 0.3) is 0 Å². The van der Waals surface area contributed by atoms with Gasteiger partial charge in [-0.2, -0.15) is 0 Å². The lowest BCUT2D eigenvalue weighted by molar-refractivity contribution is 0.0746. The summed E-state index contributed by atoms with van der Waals surface area (Å²) in [6.07, 6.45) is 0. The first-order valence-electron chi connectivity index (χ1n) is 8.48. The molecule has 1 heterocycles. The van der Waals surface area contributed by atoms with Crippen LogP contribution >= 0.6 is 0 Å². The van der Waals surface area contributed by atoms with Gasteiger partial charge in [-0.15, -0.1) is 0 Å². The molecule has 0 N–H and O–H groups in total. The highest BCUT2D eigenvalue weighted by Crippen LogP contribution is 2.22. The van der Waals surface area contributed by atoms with Gasteiger partial charge in [0.15, 0.2) is 0 Å². The van der Waals surface area contributed by atoms with Crippen LogP contribution in [0.3, 0.4) is 0 Å². The van der Waals surface area contributed by atoms with Crippen molar-refractivity contribution < 1.29 is 14.3 Å². The lowest BCUT2D eigenvalue weighted by atomic mass is 10.1. The third-order valence-corrected chi connectivity index (χ3v) is 4.52. The van der Waals surface area contributed by atoms with Crippen molar-refractivity contribution in [1.82, 2.24) is 4.90 Å². The number of hydrogen-bond donors (Lipinski definition) is 0. The average Bonchev–Trinajstić information content (AvgIpc) is 2.68. The summed E-state index contributed by atoms with van der Waals surface area (Å²) in [4.78, 5) is 17.1. The van der Waals surface area contributed by atoms with Crippen molar-refractivity contribution in [3.05, 3.63) is 59.7 Å². The number of anilines is 1. The average molecular weight is 340 g/mol. The Morgan fingerprint density at radius 1 is 1.00 bits per heavy atom. The summed E-state index contributed by atoms with van der Waals surface area (Å²) in [7, 11) is 3.26. The summed E-state index contributed by atoms with van der Waals surface area (Å²) >= 11 is 0. The molecule has 0 unspecified atom stereocenters. The van der Waals surface area contributed by atoms with Gasteiger partial charge in [0.2, 0.25) is 0 Å². The minimum Gasteiger partial charge on any atom is -0.496 e. The predicted octanol–water partition coefficient (Wildman–Crippen LogP) is 2.80. The van der Waals surface area contributed by atoms with Crippen LogP contribution in [-0.4, -0.2) is 51.2 Å². The summed E-state index contributed by atoms with van der Waals surface area (Å²) in [5.74, 6) is 0.806. The fourth-order valence-electron chi connectivity index (χ4n) is 3.17. The Labute approximate surface area is 148 Å². The molecule has 1 saturated heterocycles.